The summed E-state index contributed by atoms with van der Waals surface area (Å²) in [6.45, 7) is 3.91. The molecule has 1 saturated heterocycles. The Balaban J connectivity index is 1.39. The molecule has 1 N–H and O–H groups in total. The normalized spacial score (nSPS) is 17.9. The molecule has 3 rings (SSSR count). The molecule has 144 valence electrons. The van der Waals surface area contributed by atoms with Crippen LogP contribution in [0.1, 0.15) is 23.3 Å². The molecule has 1 amide bonds. The minimum Gasteiger partial charge on any atom is -0.497 e. The molecule has 1 aliphatic rings. The average Bonchev–Trinajstić information content (AvgIpc) is 3.20. The van der Waals surface area contributed by atoms with Gasteiger partial charge < -0.3 is 10.1 Å². The fourth-order valence-corrected chi connectivity index (χ4v) is 4.13. The lowest BCUT2D eigenvalue weighted by Crippen LogP contribution is -2.41. The Morgan fingerprint density at radius 3 is 2.93 bits per heavy atom. The molecule has 27 heavy (non-hydrogen) atoms. The highest BCUT2D eigenvalue weighted by Crippen LogP contribution is 2.17. The molecule has 1 aromatic carbocycles. The first-order valence-electron chi connectivity index (χ1n) is 9.55. The second-order valence-electron chi connectivity index (χ2n) is 7.00. The van der Waals surface area contributed by atoms with E-state index in [-0.39, 0.29) is 5.91 Å². The van der Waals surface area contributed by atoms with Crippen molar-refractivity contribution in [2.24, 2.45) is 5.92 Å². The molecule has 1 fully saturated rings. The van der Waals surface area contributed by atoms with Crippen LogP contribution in [0, 0.1) is 5.92 Å². The van der Waals surface area contributed by atoms with Crippen molar-refractivity contribution in [3.05, 3.63) is 58.3 Å². The van der Waals surface area contributed by atoms with Crippen molar-refractivity contribution < 1.29 is 9.53 Å². The lowest BCUT2D eigenvalue weighted by molar-refractivity contribution is -0.120. The highest BCUT2D eigenvalue weighted by molar-refractivity contribution is 7.10. The molecule has 0 aliphatic carbocycles. The smallest absolute Gasteiger partial charge is 0.225 e. The van der Waals surface area contributed by atoms with Crippen LogP contribution in [0.5, 0.6) is 5.75 Å². The summed E-state index contributed by atoms with van der Waals surface area (Å²) in [5.41, 5.74) is 1.19. The van der Waals surface area contributed by atoms with Gasteiger partial charge in [0.15, 0.2) is 0 Å². The van der Waals surface area contributed by atoms with E-state index in [0.717, 1.165) is 36.8 Å². The number of nitrogens with one attached hydrogen (secondary N) is 1. The highest BCUT2D eigenvalue weighted by Gasteiger charge is 2.19. The summed E-state index contributed by atoms with van der Waals surface area (Å²) in [5, 5.41) is 5.13. The van der Waals surface area contributed by atoms with Gasteiger partial charge in [0, 0.05) is 24.5 Å². The fraction of sp³-hybridized carbons (Fsp3) is 0.409. The first-order valence-corrected chi connectivity index (χ1v) is 10.4. The quantitative estimate of drug-likeness (QED) is 0.752. The third-order valence-corrected chi connectivity index (χ3v) is 5.77. The third kappa shape index (κ3) is 6.52. The van der Waals surface area contributed by atoms with Gasteiger partial charge in [-0.05, 0) is 54.4 Å². The maximum atomic E-state index is 12.1. The van der Waals surface area contributed by atoms with Gasteiger partial charge in [-0.1, -0.05) is 30.4 Å². The topological polar surface area (TPSA) is 41.6 Å². The predicted molar refractivity (Wildman–Crippen MR) is 112 cm³/mol. The molecular formula is C22H28N2O2S. The van der Waals surface area contributed by atoms with E-state index in [1.165, 1.54) is 18.4 Å². The first kappa shape index (κ1) is 19.6. The molecule has 4 nitrogen and oxygen atoms in total. The second kappa shape index (κ2) is 10.3. The van der Waals surface area contributed by atoms with Crippen LogP contribution in [0.4, 0.5) is 0 Å². The molecule has 5 heteroatoms. The van der Waals surface area contributed by atoms with Crippen molar-refractivity contribution >= 4 is 23.3 Å². The minimum absolute atomic E-state index is 0.133. The number of rotatable bonds is 8. The monoisotopic (exact) mass is 384 g/mol. The van der Waals surface area contributed by atoms with Crippen LogP contribution in [0.25, 0.3) is 6.08 Å². The van der Waals surface area contributed by atoms with Crippen LogP contribution in [0.3, 0.4) is 0 Å². The van der Waals surface area contributed by atoms with Crippen molar-refractivity contribution in [2.75, 3.05) is 33.3 Å². The largest absolute Gasteiger partial charge is 0.497 e. The van der Waals surface area contributed by atoms with E-state index in [1.54, 1.807) is 18.4 Å². The van der Waals surface area contributed by atoms with Crippen LogP contribution in [-0.2, 0) is 11.2 Å². The number of carbonyl (C=O) groups excluding carboxylic acids is 1. The number of ether oxygens (including phenoxy) is 1. The molecule has 1 aliphatic heterocycles. The maximum absolute atomic E-state index is 12.1. The molecular weight excluding hydrogens is 356 g/mol. The third-order valence-electron chi connectivity index (χ3n) is 4.90. The van der Waals surface area contributed by atoms with Crippen molar-refractivity contribution in [2.45, 2.75) is 19.3 Å². The van der Waals surface area contributed by atoms with Crippen LogP contribution >= 0.6 is 11.3 Å². The van der Waals surface area contributed by atoms with Gasteiger partial charge in [0.05, 0.1) is 13.5 Å². The SMILES string of the molecule is COc1ccc(C=CCN2CCCC(CNC(=O)Cc3cccs3)C2)cc1. The summed E-state index contributed by atoms with van der Waals surface area (Å²) in [7, 11) is 1.68. The first-order chi connectivity index (χ1) is 13.2. The Kier molecular flexibility index (Phi) is 7.48. The number of nitrogens with zero attached hydrogens (tertiary/aromatic N) is 1. The van der Waals surface area contributed by atoms with Crippen LogP contribution in [-0.4, -0.2) is 44.1 Å². The Bertz CT molecular complexity index is 725. The van der Waals surface area contributed by atoms with Gasteiger partial charge in [0.2, 0.25) is 5.91 Å². The zero-order chi connectivity index (χ0) is 18.9. The Hall–Kier alpha value is -2.11. The van der Waals surface area contributed by atoms with E-state index in [4.69, 9.17) is 4.74 Å². The summed E-state index contributed by atoms with van der Waals surface area (Å²) in [6.07, 6.45) is 7.27. The van der Waals surface area contributed by atoms with Crippen molar-refractivity contribution in [3.63, 3.8) is 0 Å². The van der Waals surface area contributed by atoms with Crippen molar-refractivity contribution in [1.29, 1.82) is 0 Å². The number of thiophene rings is 1. The molecule has 2 aromatic rings. The number of hydrogen-bond donors (Lipinski definition) is 1. The number of amides is 1. The summed E-state index contributed by atoms with van der Waals surface area (Å²) < 4.78 is 5.19. The summed E-state index contributed by atoms with van der Waals surface area (Å²) in [6, 6.07) is 12.1. The minimum atomic E-state index is 0.133. The number of piperidine rings is 1. The molecule has 2 heterocycles. The van der Waals surface area contributed by atoms with Gasteiger partial charge in [0.1, 0.15) is 5.75 Å². The molecule has 0 spiro atoms. The van der Waals surface area contributed by atoms with Crippen LogP contribution in [0.2, 0.25) is 0 Å². The van der Waals surface area contributed by atoms with Crippen LogP contribution in [0.15, 0.2) is 47.9 Å². The van der Waals surface area contributed by atoms with E-state index in [1.807, 2.05) is 29.6 Å². The summed E-state index contributed by atoms with van der Waals surface area (Å²) in [5.74, 6) is 1.56. The number of benzene rings is 1. The molecule has 1 unspecified atom stereocenters. The number of hydrogen-bond acceptors (Lipinski definition) is 4. The lowest BCUT2D eigenvalue weighted by atomic mass is 9.98. The standard InChI is InChI=1S/C22H28N2O2S/c1-26-20-10-8-18(9-11-20)5-2-12-24-13-3-6-19(17-24)16-23-22(25)15-21-7-4-14-27-21/h2,4-5,7-11,14,19H,3,6,12-13,15-17H2,1H3,(H,23,25). The zero-order valence-corrected chi connectivity index (χ0v) is 16.7. The second-order valence-corrected chi connectivity index (χ2v) is 8.04. The Morgan fingerprint density at radius 2 is 2.19 bits per heavy atom. The van der Waals surface area contributed by atoms with E-state index in [9.17, 15) is 4.79 Å². The van der Waals surface area contributed by atoms with Crippen molar-refractivity contribution in [1.82, 2.24) is 10.2 Å². The lowest BCUT2D eigenvalue weighted by Gasteiger charge is -2.32. The highest BCUT2D eigenvalue weighted by atomic mass is 32.1. The average molecular weight is 385 g/mol. The van der Waals surface area contributed by atoms with Gasteiger partial charge in [0.25, 0.3) is 0 Å². The summed E-state index contributed by atoms with van der Waals surface area (Å²) >= 11 is 1.64. The molecule has 1 aromatic heterocycles. The Morgan fingerprint density at radius 1 is 1.33 bits per heavy atom. The predicted octanol–water partition coefficient (Wildman–Crippen LogP) is 3.84. The van der Waals surface area contributed by atoms with Crippen LogP contribution < -0.4 is 10.1 Å². The van der Waals surface area contributed by atoms with E-state index < -0.39 is 0 Å². The van der Waals surface area contributed by atoms with E-state index in [0.29, 0.717) is 12.3 Å². The molecule has 0 bridgehead atoms. The van der Waals surface area contributed by atoms with Gasteiger partial charge in [-0.3, -0.25) is 9.69 Å². The zero-order valence-electron chi connectivity index (χ0n) is 15.9. The summed E-state index contributed by atoms with van der Waals surface area (Å²) in [4.78, 5) is 15.7. The van der Waals surface area contributed by atoms with Gasteiger partial charge in [-0.2, -0.15) is 0 Å². The van der Waals surface area contributed by atoms with Gasteiger partial charge in [-0.15, -0.1) is 11.3 Å². The van der Waals surface area contributed by atoms with E-state index >= 15 is 0 Å². The molecule has 0 saturated carbocycles. The van der Waals surface area contributed by atoms with E-state index in [2.05, 4.69) is 34.5 Å². The van der Waals surface area contributed by atoms with Gasteiger partial charge >= 0.3 is 0 Å². The maximum Gasteiger partial charge on any atom is 0.225 e. The van der Waals surface area contributed by atoms with Crippen molar-refractivity contribution in [3.8, 4) is 5.75 Å². The number of carbonyl (C=O) groups is 1. The number of likely N-dealkylation sites (tertiary alicyclic amines) is 1. The molecule has 0 radical (unpaired) electrons. The number of methoxy groups -OCH3 is 1. The fourth-order valence-electron chi connectivity index (χ4n) is 3.43. The van der Waals surface area contributed by atoms with Gasteiger partial charge in [-0.25, -0.2) is 0 Å². The Labute approximate surface area is 165 Å². The molecule has 1 atom stereocenters.